The second kappa shape index (κ2) is 6.91. The predicted octanol–water partition coefficient (Wildman–Crippen LogP) is 0.962. The third-order valence-electron chi connectivity index (χ3n) is 2.62. The van der Waals surface area contributed by atoms with Crippen LogP contribution in [0.2, 0.25) is 0 Å². The lowest BCUT2D eigenvalue weighted by Crippen LogP contribution is -2.37. The lowest BCUT2D eigenvalue weighted by atomic mass is 10.1. The quantitative estimate of drug-likeness (QED) is 0.773. The maximum atomic E-state index is 11.6. The molecule has 1 atom stereocenters. The van der Waals surface area contributed by atoms with Gasteiger partial charge in [-0.2, -0.15) is 0 Å². The highest BCUT2D eigenvalue weighted by Gasteiger charge is 2.05. The molecule has 0 radical (unpaired) electrons. The van der Waals surface area contributed by atoms with Crippen LogP contribution in [0.4, 0.5) is 0 Å². The fourth-order valence-corrected chi connectivity index (χ4v) is 1.36. The summed E-state index contributed by atoms with van der Waals surface area (Å²) in [7, 11) is 3.50. The molecule has 0 saturated carbocycles. The summed E-state index contributed by atoms with van der Waals surface area (Å²) in [6.07, 6.45) is 0.403. The standard InChI is InChI=1S/C13H20N2O2/c1-10(14-2)9-15-13(16)8-11-4-6-12(17-3)7-5-11/h4-7,10,14H,8-9H2,1-3H3,(H,15,16). The summed E-state index contributed by atoms with van der Waals surface area (Å²) in [6.45, 7) is 2.67. The number of rotatable bonds is 6. The van der Waals surface area contributed by atoms with Gasteiger partial charge in [0.15, 0.2) is 0 Å². The van der Waals surface area contributed by atoms with E-state index in [1.807, 2.05) is 38.2 Å². The Kier molecular flexibility index (Phi) is 5.49. The molecule has 0 aliphatic heterocycles. The topological polar surface area (TPSA) is 50.4 Å². The van der Waals surface area contributed by atoms with Gasteiger partial charge in [-0.15, -0.1) is 0 Å². The number of nitrogens with one attached hydrogen (secondary N) is 2. The molecule has 1 aromatic rings. The summed E-state index contributed by atoms with van der Waals surface area (Å²) >= 11 is 0. The van der Waals surface area contributed by atoms with Gasteiger partial charge in [0, 0.05) is 12.6 Å². The Labute approximate surface area is 102 Å². The summed E-state index contributed by atoms with van der Waals surface area (Å²) in [5.41, 5.74) is 0.986. The minimum absolute atomic E-state index is 0.0391. The summed E-state index contributed by atoms with van der Waals surface area (Å²) in [5, 5.41) is 5.95. The highest BCUT2D eigenvalue weighted by atomic mass is 16.5. The number of carbonyl (C=O) groups excluding carboxylic acids is 1. The molecule has 0 aromatic heterocycles. The van der Waals surface area contributed by atoms with Gasteiger partial charge in [0.2, 0.25) is 5.91 Å². The van der Waals surface area contributed by atoms with Crippen LogP contribution in [-0.2, 0) is 11.2 Å². The van der Waals surface area contributed by atoms with Crippen LogP contribution in [0.1, 0.15) is 12.5 Å². The van der Waals surface area contributed by atoms with Crippen LogP contribution in [0.15, 0.2) is 24.3 Å². The van der Waals surface area contributed by atoms with E-state index in [1.54, 1.807) is 7.11 Å². The minimum atomic E-state index is 0.0391. The van der Waals surface area contributed by atoms with Gasteiger partial charge in [0.05, 0.1) is 13.5 Å². The van der Waals surface area contributed by atoms with Gasteiger partial charge in [-0.05, 0) is 31.7 Å². The van der Waals surface area contributed by atoms with E-state index in [2.05, 4.69) is 10.6 Å². The van der Waals surface area contributed by atoms with Crippen LogP contribution < -0.4 is 15.4 Å². The second-order valence-electron chi connectivity index (χ2n) is 4.02. The van der Waals surface area contributed by atoms with E-state index < -0.39 is 0 Å². The number of benzene rings is 1. The number of hydrogen-bond donors (Lipinski definition) is 2. The summed E-state index contributed by atoms with van der Waals surface area (Å²) in [4.78, 5) is 11.6. The molecule has 0 saturated heterocycles. The van der Waals surface area contributed by atoms with Crippen LogP contribution in [0.25, 0.3) is 0 Å². The van der Waals surface area contributed by atoms with E-state index in [9.17, 15) is 4.79 Å². The molecule has 94 valence electrons. The zero-order valence-corrected chi connectivity index (χ0v) is 10.6. The van der Waals surface area contributed by atoms with E-state index in [0.717, 1.165) is 11.3 Å². The predicted molar refractivity (Wildman–Crippen MR) is 68.2 cm³/mol. The molecular weight excluding hydrogens is 216 g/mol. The Bertz CT molecular complexity index is 349. The number of methoxy groups -OCH3 is 1. The van der Waals surface area contributed by atoms with Gasteiger partial charge < -0.3 is 15.4 Å². The van der Waals surface area contributed by atoms with Crippen LogP contribution in [0, 0.1) is 0 Å². The smallest absolute Gasteiger partial charge is 0.224 e. The van der Waals surface area contributed by atoms with E-state index >= 15 is 0 Å². The van der Waals surface area contributed by atoms with Crippen molar-refractivity contribution >= 4 is 5.91 Å². The van der Waals surface area contributed by atoms with Gasteiger partial charge in [0.1, 0.15) is 5.75 Å². The van der Waals surface area contributed by atoms with Crippen molar-refractivity contribution in [2.24, 2.45) is 0 Å². The maximum Gasteiger partial charge on any atom is 0.224 e. The highest BCUT2D eigenvalue weighted by Crippen LogP contribution is 2.11. The molecular formula is C13H20N2O2. The van der Waals surface area contributed by atoms with Crippen LogP contribution in [0.5, 0.6) is 5.75 Å². The molecule has 1 amide bonds. The number of carbonyl (C=O) groups is 1. The molecule has 0 aliphatic carbocycles. The fourth-order valence-electron chi connectivity index (χ4n) is 1.36. The molecule has 0 fully saturated rings. The summed E-state index contributed by atoms with van der Waals surface area (Å²) in [6, 6.07) is 7.81. The van der Waals surface area contributed by atoms with E-state index in [0.29, 0.717) is 13.0 Å². The average Bonchev–Trinajstić information content (AvgIpc) is 2.36. The van der Waals surface area contributed by atoms with E-state index in [-0.39, 0.29) is 11.9 Å². The molecule has 1 unspecified atom stereocenters. The largest absolute Gasteiger partial charge is 0.497 e. The monoisotopic (exact) mass is 236 g/mol. The van der Waals surface area contributed by atoms with Crippen molar-refractivity contribution < 1.29 is 9.53 Å². The molecule has 2 N–H and O–H groups in total. The van der Waals surface area contributed by atoms with Crippen molar-refractivity contribution in [2.45, 2.75) is 19.4 Å². The maximum absolute atomic E-state index is 11.6. The summed E-state index contributed by atoms with van der Waals surface area (Å²) < 4.78 is 5.06. The molecule has 17 heavy (non-hydrogen) atoms. The average molecular weight is 236 g/mol. The molecule has 0 spiro atoms. The Morgan fingerprint density at radius 3 is 2.53 bits per heavy atom. The van der Waals surface area contributed by atoms with Gasteiger partial charge in [-0.3, -0.25) is 4.79 Å². The van der Waals surface area contributed by atoms with Crippen molar-refractivity contribution in [3.05, 3.63) is 29.8 Å². The van der Waals surface area contributed by atoms with Crippen molar-refractivity contribution in [3.8, 4) is 5.75 Å². The van der Waals surface area contributed by atoms with Gasteiger partial charge in [-0.25, -0.2) is 0 Å². The zero-order chi connectivity index (χ0) is 12.7. The molecule has 4 heteroatoms. The van der Waals surface area contributed by atoms with Crippen molar-refractivity contribution in [3.63, 3.8) is 0 Å². The van der Waals surface area contributed by atoms with Crippen LogP contribution in [0.3, 0.4) is 0 Å². The molecule has 0 bridgehead atoms. The highest BCUT2D eigenvalue weighted by molar-refractivity contribution is 5.78. The number of amides is 1. The molecule has 1 aromatic carbocycles. The SMILES string of the molecule is CNC(C)CNC(=O)Cc1ccc(OC)cc1. The van der Waals surface area contributed by atoms with Gasteiger partial charge in [0.25, 0.3) is 0 Å². The number of ether oxygens (including phenoxy) is 1. The lowest BCUT2D eigenvalue weighted by molar-refractivity contribution is -0.120. The van der Waals surface area contributed by atoms with Crippen molar-refractivity contribution in [1.82, 2.24) is 10.6 Å². The van der Waals surface area contributed by atoms with Gasteiger partial charge >= 0.3 is 0 Å². The minimum Gasteiger partial charge on any atom is -0.497 e. The lowest BCUT2D eigenvalue weighted by Gasteiger charge is -2.11. The fraction of sp³-hybridized carbons (Fsp3) is 0.462. The number of hydrogen-bond acceptors (Lipinski definition) is 3. The summed E-state index contributed by atoms with van der Waals surface area (Å²) in [5.74, 6) is 0.843. The number of likely N-dealkylation sites (N-methyl/N-ethyl adjacent to an activating group) is 1. The molecule has 0 heterocycles. The Hall–Kier alpha value is -1.55. The second-order valence-corrected chi connectivity index (χ2v) is 4.02. The first kappa shape index (κ1) is 13.5. The van der Waals surface area contributed by atoms with Gasteiger partial charge in [-0.1, -0.05) is 12.1 Å². The zero-order valence-electron chi connectivity index (χ0n) is 10.6. The molecule has 4 nitrogen and oxygen atoms in total. The van der Waals surface area contributed by atoms with E-state index in [4.69, 9.17) is 4.74 Å². The first-order valence-electron chi connectivity index (χ1n) is 5.72. The molecule has 1 rings (SSSR count). The Morgan fingerprint density at radius 2 is 2.00 bits per heavy atom. The first-order chi connectivity index (χ1) is 8.15. The van der Waals surface area contributed by atoms with Crippen molar-refractivity contribution in [2.75, 3.05) is 20.7 Å². The third kappa shape index (κ3) is 4.87. The van der Waals surface area contributed by atoms with Crippen LogP contribution >= 0.6 is 0 Å². The van der Waals surface area contributed by atoms with E-state index in [1.165, 1.54) is 0 Å². The van der Waals surface area contributed by atoms with Crippen LogP contribution in [-0.4, -0.2) is 32.7 Å². The van der Waals surface area contributed by atoms with Crippen molar-refractivity contribution in [1.29, 1.82) is 0 Å². The molecule has 0 aliphatic rings. The third-order valence-corrected chi connectivity index (χ3v) is 2.62. The first-order valence-corrected chi connectivity index (χ1v) is 5.72. The normalized spacial score (nSPS) is 11.9. The Morgan fingerprint density at radius 1 is 1.35 bits per heavy atom. The Balaban J connectivity index is 2.39.